The molecule has 0 N–H and O–H groups in total. The summed E-state index contributed by atoms with van der Waals surface area (Å²) in [6.07, 6.45) is 4.13. The molecule has 0 fully saturated rings. The summed E-state index contributed by atoms with van der Waals surface area (Å²) >= 11 is 0. The lowest BCUT2D eigenvalue weighted by Gasteiger charge is -2.02. The van der Waals surface area contributed by atoms with Gasteiger partial charge in [-0.1, -0.05) is 0 Å². The van der Waals surface area contributed by atoms with Crippen LogP contribution in [0.2, 0.25) is 0 Å². The van der Waals surface area contributed by atoms with Crippen LogP contribution in [0.25, 0.3) is 0 Å². The standard InChI is InChI=1S/C4H4O4P2/c1-2-3-4(7-9-5)8-10-6/h1,4H,3H2. The number of terminal acetylenes is 1. The fraction of sp³-hybridized carbons (Fsp3) is 0.500. The smallest absolute Gasteiger partial charge is 0.261 e. The van der Waals surface area contributed by atoms with E-state index in [1.165, 1.54) is 0 Å². The molecule has 0 aromatic rings. The maximum absolute atomic E-state index is 9.79. The lowest BCUT2D eigenvalue weighted by Crippen LogP contribution is -2.05. The van der Waals surface area contributed by atoms with Gasteiger partial charge in [-0.25, -0.2) is 9.13 Å². The van der Waals surface area contributed by atoms with Crippen LogP contribution in [0.15, 0.2) is 0 Å². The van der Waals surface area contributed by atoms with Gasteiger partial charge in [-0.15, -0.1) is 12.3 Å². The molecule has 10 heavy (non-hydrogen) atoms. The van der Waals surface area contributed by atoms with E-state index in [1.54, 1.807) is 0 Å². The minimum Gasteiger partial charge on any atom is -0.261 e. The molecule has 0 heterocycles. The van der Waals surface area contributed by atoms with Gasteiger partial charge in [-0.2, -0.15) is 0 Å². The third-order valence-corrected chi connectivity index (χ3v) is 1.25. The summed E-state index contributed by atoms with van der Waals surface area (Å²) in [5.41, 5.74) is 0. The Kier molecular flexibility index (Phi) is 6.58. The Morgan fingerprint density at radius 1 is 1.40 bits per heavy atom. The first-order chi connectivity index (χ1) is 4.85. The Balaban J connectivity index is 3.61. The third-order valence-electron chi connectivity index (χ3n) is 0.606. The summed E-state index contributed by atoms with van der Waals surface area (Å²) in [6.45, 7) is 0. The Bertz CT molecular complexity index is 142. The second-order valence-electron chi connectivity index (χ2n) is 1.20. The van der Waals surface area contributed by atoms with E-state index >= 15 is 0 Å². The van der Waals surface area contributed by atoms with Crippen molar-refractivity contribution < 1.29 is 18.2 Å². The minimum absolute atomic E-state index is 0.116. The van der Waals surface area contributed by atoms with Gasteiger partial charge in [0.25, 0.3) is 0 Å². The topological polar surface area (TPSA) is 52.6 Å². The fourth-order valence-corrected chi connectivity index (χ4v) is 0.781. The van der Waals surface area contributed by atoms with E-state index in [0.29, 0.717) is 0 Å². The molecule has 0 bridgehead atoms. The first-order valence-electron chi connectivity index (χ1n) is 2.25. The average Bonchev–Trinajstić information content (AvgIpc) is 1.90. The Morgan fingerprint density at radius 3 is 2.20 bits per heavy atom. The summed E-state index contributed by atoms with van der Waals surface area (Å²) in [5, 5.41) is 0. The van der Waals surface area contributed by atoms with Gasteiger partial charge in [0.15, 0.2) is 6.29 Å². The molecule has 0 saturated carbocycles. The van der Waals surface area contributed by atoms with Gasteiger partial charge in [-0.05, 0) is 0 Å². The molecule has 0 spiro atoms. The minimum atomic E-state index is -0.858. The molecule has 54 valence electrons. The summed E-state index contributed by atoms with van der Waals surface area (Å²) in [7, 11) is -1.08. The van der Waals surface area contributed by atoms with Crippen molar-refractivity contribution in [2.24, 2.45) is 0 Å². The van der Waals surface area contributed by atoms with Crippen LogP contribution in [0.3, 0.4) is 0 Å². The Labute approximate surface area is 61.5 Å². The van der Waals surface area contributed by atoms with Crippen LogP contribution in [0.4, 0.5) is 0 Å². The lowest BCUT2D eigenvalue weighted by molar-refractivity contribution is 0.0328. The van der Waals surface area contributed by atoms with Crippen LogP contribution < -0.4 is 0 Å². The van der Waals surface area contributed by atoms with Crippen molar-refractivity contribution in [3.63, 3.8) is 0 Å². The molecule has 0 aromatic heterocycles. The SMILES string of the molecule is C#CCC(OP=O)OP=O. The summed E-state index contributed by atoms with van der Waals surface area (Å²) in [6, 6.07) is 0. The van der Waals surface area contributed by atoms with E-state index in [2.05, 4.69) is 15.0 Å². The lowest BCUT2D eigenvalue weighted by atomic mass is 10.4. The molecule has 0 radical (unpaired) electrons. The maximum atomic E-state index is 9.79. The Morgan fingerprint density at radius 2 is 1.90 bits per heavy atom. The fourth-order valence-electron chi connectivity index (χ4n) is 0.286. The second-order valence-corrected chi connectivity index (χ2v) is 1.92. The average molecular weight is 178 g/mol. The van der Waals surface area contributed by atoms with Crippen molar-refractivity contribution in [3.05, 3.63) is 0 Å². The molecule has 6 heteroatoms. The molecule has 4 nitrogen and oxygen atoms in total. The quantitative estimate of drug-likeness (QED) is 0.365. The van der Waals surface area contributed by atoms with Gasteiger partial charge in [0, 0.05) is 0 Å². The molecular formula is C4H4O4P2. The summed E-state index contributed by atoms with van der Waals surface area (Å²) in [4.78, 5) is 0. The van der Waals surface area contributed by atoms with Crippen molar-refractivity contribution in [2.75, 3.05) is 0 Å². The van der Waals surface area contributed by atoms with Crippen LogP contribution in [0.5, 0.6) is 0 Å². The molecule has 0 rings (SSSR count). The van der Waals surface area contributed by atoms with Crippen LogP contribution in [-0.2, 0) is 18.2 Å². The van der Waals surface area contributed by atoms with E-state index in [-0.39, 0.29) is 6.42 Å². The van der Waals surface area contributed by atoms with Crippen molar-refractivity contribution in [1.82, 2.24) is 0 Å². The monoisotopic (exact) mass is 178 g/mol. The number of hydrogen-bond donors (Lipinski definition) is 0. The first kappa shape index (κ1) is 9.68. The first-order valence-corrected chi connectivity index (χ1v) is 3.71. The zero-order valence-electron chi connectivity index (χ0n) is 4.89. The molecule has 0 atom stereocenters. The van der Waals surface area contributed by atoms with Gasteiger partial charge in [-0.3, -0.25) is 9.05 Å². The predicted octanol–water partition coefficient (Wildman–Crippen LogP) is 1.78. The highest BCUT2D eigenvalue weighted by molar-refractivity contribution is 7.18. The van der Waals surface area contributed by atoms with E-state index in [1.807, 2.05) is 0 Å². The van der Waals surface area contributed by atoms with Gasteiger partial charge in [0.05, 0.1) is 6.42 Å². The van der Waals surface area contributed by atoms with Crippen molar-refractivity contribution in [2.45, 2.75) is 12.7 Å². The summed E-state index contributed by atoms with van der Waals surface area (Å²) < 4.78 is 28.3. The molecule has 0 aliphatic rings. The molecule has 0 aromatic carbocycles. The number of hydrogen-bond acceptors (Lipinski definition) is 4. The van der Waals surface area contributed by atoms with Crippen molar-refractivity contribution >= 4 is 17.4 Å². The maximum Gasteiger partial charge on any atom is 0.329 e. The van der Waals surface area contributed by atoms with Gasteiger partial charge < -0.3 is 0 Å². The molecule has 0 amide bonds. The van der Waals surface area contributed by atoms with Crippen LogP contribution in [-0.4, -0.2) is 6.29 Å². The van der Waals surface area contributed by atoms with E-state index in [4.69, 9.17) is 6.42 Å². The molecule has 0 aliphatic carbocycles. The van der Waals surface area contributed by atoms with Crippen LogP contribution in [0, 0.1) is 12.3 Å². The van der Waals surface area contributed by atoms with Crippen molar-refractivity contribution in [3.8, 4) is 12.3 Å². The van der Waals surface area contributed by atoms with Crippen LogP contribution >= 0.6 is 17.4 Å². The van der Waals surface area contributed by atoms with Crippen LogP contribution in [0.1, 0.15) is 6.42 Å². The third kappa shape index (κ3) is 4.55. The molecule has 0 aliphatic heterocycles. The van der Waals surface area contributed by atoms with E-state index < -0.39 is 23.7 Å². The molecule has 0 saturated heterocycles. The molecule has 0 unspecified atom stereocenters. The highest BCUT2D eigenvalue weighted by Gasteiger charge is 2.07. The highest BCUT2D eigenvalue weighted by Crippen LogP contribution is 2.12. The Hall–Kier alpha value is -0.320. The predicted molar refractivity (Wildman–Crippen MR) is 34.6 cm³/mol. The highest BCUT2D eigenvalue weighted by atomic mass is 31.1. The largest absolute Gasteiger partial charge is 0.329 e. The van der Waals surface area contributed by atoms with Crippen molar-refractivity contribution in [1.29, 1.82) is 0 Å². The molecular weight excluding hydrogens is 174 g/mol. The normalized spacial score (nSPS) is 13.1. The van der Waals surface area contributed by atoms with E-state index in [0.717, 1.165) is 0 Å². The van der Waals surface area contributed by atoms with Gasteiger partial charge in [0.2, 0.25) is 0 Å². The van der Waals surface area contributed by atoms with Gasteiger partial charge in [0.1, 0.15) is 0 Å². The van der Waals surface area contributed by atoms with Gasteiger partial charge >= 0.3 is 17.4 Å². The zero-order chi connectivity index (χ0) is 7.82. The number of rotatable bonds is 5. The van der Waals surface area contributed by atoms with E-state index in [9.17, 15) is 9.13 Å². The second kappa shape index (κ2) is 6.80. The summed E-state index contributed by atoms with van der Waals surface area (Å²) in [5.74, 6) is 2.20. The zero-order valence-corrected chi connectivity index (χ0v) is 6.68.